The summed E-state index contributed by atoms with van der Waals surface area (Å²) in [5.74, 6) is 5.54. The lowest BCUT2D eigenvalue weighted by atomic mass is 9.45. The molecule has 4 aliphatic rings. The van der Waals surface area contributed by atoms with E-state index in [4.69, 9.17) is 5.73 Å². The lowest BCUT2D eigenvalue weighted by Gasteiger charge is -2.60. The highest BCUT2D eigenvalue weighted by Gasteiger charge is 2.60. The Morgan fingerprint density at radius 3 is 2.50 bits per heavy atom. The van der Waals surface area contributed by atoms with Crippen LogP contribution in [0.25, 0.3) is 0 Å². The van der Waals surface area contributed by atoms with Gasteiger partial charge in [0.05, 0.1) is 6.10 Å². The molecule has 0 aromatic heterocycles. The molecule has 0 heterocycles. The Balaban J connectivity index is 1.56. The van der Waals surface area contributed by atoms with Crippen molar-refractivity contribution in [2.75, 3.05) is 6.54 Å². The number of hydrogen-bond donors (Lipinski definition) is 2. The summed E-state index contributed by atoms with van der Waals surface area (Å²) in [5, 5.41) is 10.3. The van der Waals surface area contributed by atoms with Crippen LogP contribution in [0.4, 0.5) is 0 Å². The van der Waals surface area contributed by atoms with Gasteiger partial charge in [0, 0.05) is 0 Å². The molecule has 0 spiro atoms. The van der Waals surface area contributed by atoms with Crippen LogP contribution >= 0.6 is 0 Å². The summed E-state index contributed by atoms with van der Waals surface area (Å²) < 4.78 is 0. The van der Waals surface area contributed by atoms with Gasteiger partial charge in [0.25, 0.3) is 0 Å². The predicted molar refractivity (Wildman–Crippen MR) is 127 cm³/mol. The zero-order valence-corrected chi connectivity index (χ0v) is 20.5. The van der Waals surface area contributed by atoms with Crippen LogP contribution in [-0.2, 0) is 0 Å². The van der Waals surface area contributed by atoms with Crippen LogP contribution in [-0.4, -0.2) is 17.8 Å². The highest BCUT2D eigenvalue weighted by molar-refractivity contribution is 5.27. The Morgan fingerprint density at radius 2 is 1.80 bits per heavy atom. The molecule has 0 radical (unpaired) electrons. The lowest BCUT2D eigenvalue weighted by Crippen LogP contribution is -2.54. The predicted octanol–water partition coefficient (Wildman–Crippen LogP) is 6.57. The van der Waals surface area contributed by atoms with Crippen LogP contribution in [0.5, 0.6) is 0 Å². The zero-order chi connectivity index (χ0) is 21.7. The second-order valence-corrected chi connectivity index (χ2v) is 12.7. The van der Waals surface area contributed by atoms with Gasteiger partial charge < -0.3 is 10.8 Å². The summed E-state index contributed by atoms with van der Waals surface area (Å²) in [5.41, 5.74) is 8.80. The van der Waals surface area contributed by atoms with Gasteiger partial charge >= 0.3 is 0 Å². The van der Waals surface area contributed by atoms with Crippen molar-refractivity contribution < 1.29 is 5.11 Å². The topological polar surface area (TPSA) is 46.2 Å². The van der Waals surface area contributed by atoms with Crippen molar-refractivity contribution in [2.45, 2.75) is 105 Å². The minimum absolute atomic E-state index is 0.129. The largest absolute Gasteiger partial charge is 0.393 e. The van der Waals surface area contributed by atoms with E-state index in [9.17, 15) is 5.11 Å². The van der Waals surface area contributed by atoms with E-state index in [0.717, 1.165) is 54.9 Å². The average Bonchev–Trinajstić information content (AvgIpc) is 3.05. The maximum atomic E-state index is 10.3. The normalized spacial score (nSPS) is 46.7. The van der Waals surface area contributed by atoms with Crippen LogP contribution in [0.2, 0.25) is 0 Å². The SMILES string of the molecule is CC(C)CCC[C@@H](C)[C@H]1CC[C@H]2[C@@H]3[C@@H](CN)C=C4C[C@@H](O)CC[C@]4(C)[C@H]3CC[C@]12C. The Kier molecular flexibility index (Phi) is 6.50. The molecule has 30 heavy (non-hydrogen) atoms. The van der Waals surface area contributed by atoms with E-state index in [1.807, 2.05) is 0 Å². The smallest absolute Gasteiger partial charge is 0.0577 e. The van der Waals surface area contributed by atoms with E-state index in [1.165, 1.54) is 51.4 Å². The maximum Gasteiger partial charge on any atom is 0.0577 e. The molecule has 0 saturated heterocycles. The second kappa shape index (κ2) is 8.54. The van der Waals surface area contributed by atoms with Gasteiger partial charge in [-0.15, -0.1) is 0 Å². The van der Waals surface area contributed by atoms with Crippen LogP contribution in [0.1, 0.15) is 98.8 Å². The minimum Gasteiger partial charge on any atom is -0.393 e. The summed E-state index contributed by atoms with van der Waals surface area (Å²) in [4.78, 5) is 0. The molecular weight excluding hydrogens is 366 g/mol. The molecule has 0 unspecified atom stereocenters. The molecular formula is C28H49NO. The molecule has 4 rings (SSSR count). The molecule has 4 aliphatic carbocycles. The summed E-state index contributed by atoms with van der Waals surface area (Å²) in [6, 6.07) is 0. The van der Waals surface area contributed by atoms with E-state index in [2.05, 4.69) is 40.7 Å². The van der Waals surface area contributed by atoms with E-state index in [1.54, 1.807) is 5.57 Å². The number of aliphatic hydroxyl groups excluding tert-OH is 1. The van der Waals surface area contributed by atoms with Crippen LogP contribution < -0.4 is 5.73 Å². The standard InChI is InChI=1S/C28H49NO/c1-18(2)7-6-8-19(3)23-9-10-24-26-20(17-29)15-21-16-22(30)11-13-27(21,4)25(26)12-14-28(23,24)5/h15,18-20,22-26,30H,6-14,16-17,29H2,1-5H3/t19-,20-,22+,23-,24+,25+,26+,27+,28-/m1/s1. The molecule has 172 valence electrons. The van der Waals surface area contributed by atoms with Crippen molar-refractivity contribution in [2.24, 2.45) is 58.0 Å². The average molecular weight is 416 g/mol. The van der Waals surface area contributed by atoms with E-state index >= 15 is 0 Å². The van der Waals surface area contributed by atoms with Gasteiger partial charge in [0.2, 0.25) is 0 Å². The number of nitrogens with two attached hydrogens (primary N) is 1. The van der Waals surface area contributed by atoms with Gasteiger partial charge in [0.15, 0.2) is 0 Å². The first-order chi connectivity index (χ1) is 14.2. The van der Waals surface area contributed by atoms with E-state index in [-0.39, 0.29) is 6.10 Å². The highest BCUT2D eigenvalue weighted by Crippen LogP contribution is 2.68. The van der Waals surface area contributed by atoms with Crippen molar-refractivity contribution >= 4 is 0 Å². The van der Waals surface area contributed by atoms with Crippen LogP contribution in [0, 0.1) is 52.3 Å². The van der Waals surface area contributed by atoms with E-state index < -0.39 is 0 Å². The molecule has 2 nitrogen and oxygen atoms in total. The van der Waals surface area contributed by atoms with Gasteiger partial charge in [-0.2, -0.15) is 0 Å². The van der Waals surface area contributed by atoms with Crippen molar-refractivity contribution in [1.29, 1.82) is 0 Å². The fourth-order valence-corrected chi connectivity index (χ4v) is 9.05. The molecule has 0 aromatic rings. The monoisotopic (exact) mass is 415 g/mol. The van der Waals surface area contributed by atoms with Crippen molar-refractivity contribution in [3.05, 3.63) is 11.6 Å². The summed E-state index contributed by atoms with van der Waals surface area (Å²) in [7, 11) is 0. The molecule has 0 amide bonds. The summed E-state index contributed by atoms with van der Waals surface area (Å²) in [6.07, 6.45) is 15.4. The van der Waals surface area contributed by atoms with Gasteiger partial charge in [0.1, 0.15) is 0 Å². The fourth-order valence-electron chi connectivity index (χ4n) is 9.05. The molecule has 0 aliphatic heterocycles. The van der Waals surface area contributed by atoms with Gasteiger partial charge in [-0.3, -0.25) is 0 Å². The third-order valence-electron chi connectivity index (χ3n) is 10.7. The Hall–Kier alpha value is -0.340. The molecule has 0 aromatic carbocycles. The number of rotatable bonds is 6. The third kappa shape index (κ3) is 3.72. The molecule has 3 saturated carbocycles. The first-order valence-corrected chi connectivity index (χ1v) is 13.3. The van der Waals surface area contributed by atoms with Gasteiger partial charge in [-0.05, 0) is 104 Å². The molecule has 3 N–H and O–H groups in total. The highest BCUT2D eigenvalue weighted by atomic mass is 16.3. The molecule has 2 heteroatoms. The third-order valence-corrected chi connectivity index (χ3v) is 10.7. The molecule has 9 atom stereocenters. The van der Waals surface area contributed by atoms with E-state index in [0.29, 0.717) is 16.7 Å². The van der Waals surface area contributed by atoms with Gasteiger partial charge in [-0.1, -0.05) is 65.5 Å². The Labute approximate surface area is 186 Å². The number of fused-ring (bicyclic) bond motifs is 5. The molecule has 3 fully saturated rings. The Morgan fingerprint density at radius 1 is 1.03 bits per heavy atom. The van der Waals surface area contributed by atoms with Crippen molar-refractivity contribution in [3.63, 3.8) is 0 Å². The maximum absolute atomic E-state index is 10.3. The minimum atomic E-state index is -0.129. The first kappa shape index (κ1) is 22.8. The number of aliphatic hydroxyl groups is 1. The van der Waals surface area contributed by atoms with Crippen molar-refractivity contribution in [1.82, 2.24) is 0 Å². The Bertz CT molecular complexity index is 641. The van der Waals surface area contributed by atoms with Gasteiger partial charge in [-0.25, -0.2) is 0 Å². The number of hydrogen-bond acceptors (Lipinski definition) is 2. The first-order valence-electron chi connectivity index (χ1n) is 13.3. The van der Waals surface area contributed by atoms with Crippen LogP contribution in [0.3, 0.4) is 0 Å². The second-order valence-electron chi connectivity index (χ2n) is 12.7. The summed E-state index contributed by atoms with van der Waals surface area (Å²) in [6.45, 7) is 13.3. The molecule has 0 bridgehead atoms. The van der Waals surface area contributed by atoms with Crippen molar-refractivity contribution in [3.8, 4) is 0 Å². The summed E-state index contributed by atoms with van der Waals surface area (Å²) >= 11 is 0. The fraction of sp³-hybridized carbons (Fsp3) is 0.929. The van der Waals surface area contributed by atoms with Crippen LogP contribution in [0.15, 0.2) is 11.6 Å². The zero-order valence-electron chi connectivity index (χ0n) is 20.5. The quantitative estimate of drug-likeness (QED) is 0.482. The lowest BCUT2D eigenvalue weighted by molar-refractivity contribution is -0.0744.